The number of carbonyl (C=O) groups excluding carboxylic acids is 1. The summed E-state index contributed by atoms with van der Waals surface area (Å²) in [5.41, 5.74) is 0. The molecule has 0 aliphatic carbocycles. The molecule has 9 heteroatoms. The minimum Gasteiger partial charge on any atom is -0.387 e. The van der Waals surface area contributed by atoms with E-state index in [0.717, 1.165) is 38.5 Å². The number of phosphoric acid groups is 1. The van der Waals surface area contributed by atoms with Gasteiger partial charge in [0.15, 0.2) is 0 Å². The Morgan fingerprint density at radius 2 is 1.10 bits per heavy atom. The van der Waals surface area contributed by atoms with E-state index in [9.17, 15) is 19.4 Å². The Morgan fingerprint density at radius 1 is 0.660 bits per heavy atom. The summed E-state index contributed by atoms with van der Waals surface area (Å²) >= 11 is 0. The Morgan fingerprint density at radius 3 is 1.60 bits per heavy atom. The normalized spacial score (nSPS) is 14.8. The van der Waals surface area contributed by atoms with E-state index in [1.165, 1.54) is 122 Å². The second-order valence-electron chi connectivity index (χ2n) is 15.4. The van der Waals surface area contributed by atoms with Crippen LogP contribution < -0.4 is 5.32 Å². The molecule has 3 N–H and O–H groups in total. The van der Waals surface area contributed by atoms with Crippen molar-refractivity contribution in [3.63, 3.8) is 0 Å². The monoisotopic (exact) mass is 730 g/mol. The van der Waals surface area contributed by atoms with Crippen LogP contribution in [0.3, 0.4) is 0 Å². The fourth-order valence-corrected chi connectivity index (χ4v) is 6.56. The number of carbonyl (C=O) groups is 1. The van der Waals surface area contributed by atoms with Gasteiger partial charge in [0, 0.05) is 6.42 Å². The quantitative estimate of drug-likeness (QED) is 0.0254. The summed E-state index contributed by atoms with van der Waals surface area (Å²) in [5.74, 6) is -0.187. The second kappa shape index (κ2) is 33.8. The highest BCUT2D eigenvalue weighted by Crippen LogP contribution is 2.43. The third-order valence-electron chi connectivity index (χ3n) is 9.17. The van der Waals surface area contributed by atoms with Crippen molar-refractivity contribution in [3.8, 4) is 0 Å². The zero-order chi connectivity index (χ0) is 37.2. The van der Waals surface area contributed by atoms with E-state index >= 15 is 0 Å². The van der Waals surface area contributed by atoms with Crippen molar-refractivity contribution in [2.24, 2.45) is 0 Å². The van der Waals surface area contributed by atoms with Gasteiger partial charge in [-0.15, -0.1) is 0 Å². The fourth-order valence-electron chi connectivity index (χ4n) is 5.82. The van der Waals surface area contributed by atoms with Crippen LogP contribution in [0, 0.1) is 0 Å². The van der Waals surface area contributed by atoms with Gasteiger partial charge in [0.25, 0.3) is 0 Å². The Kier molecular flexibility index (Phi) is 33.1. The van der Waals surface area contributed by atoms with Gasteiger partial charge in [-0.1, -0.05) is 167 Å². The number of likely N-dealkylation sites (N-methyl/N-ethyl adjacent to an activating group) is 1. The predicted octanol–water partition coefficient (Wildman–Crippen LogP) is 11.0. The molecule has 0 bridgehead atoms. The summed E-state index contributed by atoms with van der Waals surface area (Å²) in [5, 5.41) is 13.8. The molecule has 0 saturated carbocycles. The number of phosphoric ester groups is 1. The van der Waals surface area contributed by atoms with Crippen molar-refractivity contribution in [2.75, 3.05) is 40.9 Å². The lowest BCUT2D eigenvalue weighted by Gasteiger charge is -2.25. The van der Waals surface area contributed by atoms with Gasteiger partial charge in [-0.25, -0.2) is 4.57 Å². The Hall–Kier alpha value is -1.02. The first kappa shape index (κ1) is 49.0. The lowest BCUT2D eigenvalue weighted by molar-refractivity contribution is -0.870. The molecular formula is C41H82N2O6P+. The van der Waals surface area contributed by atoms with Gasteiger partial charge in [0.05, 0.1) is 39.9 Å². The van der Waals surface area contributed by atoms with E-state index in [4.69, 9.17) is 9.05 Å². The minimum atomic E-state index is -4.33. The van der Waals surface area contributed by atoms with Gasteiger partial charge in [0.1, 0.15) is 13.2 Å². The number of allylic oxidation sites excluding steroid dienone is 3. The van der Waals surface area contributed by atoms with Crippen molar-refractivity contribution in [2.45, 2.75) is 193 Å². The van der Waals surface area contributed by atoms with E-state index in [1.54, 1.807) is 6.08 Å². The Bertz CT molecular complexity index is 876. The maximum absolute atomic E-state index is 12.8. The highest BCUT2D eigenvalue weighted by molar-refractivity contribution is 7.47. The summed E-state index contributed by atoms with van der Waals surface area (Å²) < 4.78 is 23.5. The molecule has 0 aliphatic heterocycles. The van der Waals surface area contributed by atoms with Gasteiger partial charge in [0.2, 0.25) is 5.91 Å². The molecule has 0 aromatic carbocycles. The number of aliphatic hydroxyl groups excluding tert-OH is 1. The predicted molar refractivity (Wildman–Crippen MR) is 212 cm³/mol. The molecule has 0 fully saturated rings. The highest BCUT2D eigenvalue weighted by atomic mass is 31.2. The molecule has 0 aromatic heterocycles. The average molecular weight is 730 g/mol. The van der Waals surface area contributed by atoms with Crippen LogP contribution in [-0.2, 0) is 18.4 Å². The summed E-state index contributed by atoms with van der Waals surface area (Å²) in [6.07, 6.45) is 38.1. The van der Waals surface area contributed by atoms with Gasteiger partial charge in [-0.2, -0.15) is 0 Å². The van der Waals surface area contributed by atoms with E-state index in [1.807, 2.05) is 27.2 Å². The zero-order valence-electron chi connectivity index (χ0n) is 33.4. The lowest BCUT2D eigenvalue weighted by Crippen LogP contribution is -2.45. The molecule has 50 heavy (non-hydrogen) atoms. The molecule has 296 valence electrons. The first-order valence-corrected chi connectivity index (χ1v) is 22.2. The number of hydrogen-bond acceptors (Lipinski definition) is 5. The number of nitrogens with one attached hydrogen (secondary N) is 1. The third kappa shape index (κ3) is 35.4. The maximum atomic E-state index is 12.8. The van der Waals surface area contributed by atoms with E-state index < -0.39 is 20.0 Å². The van der Waals surface area contributed by atoms with E-state index in [-0.39, 0.29) is 19.1 Å². The van der Waals surface area contributed by atoms with E-state index in [2.05, 4.69) is 31.3 Å². The topological polar surface area (TPSA) is 105 Å². The zero-order valence-corrected chi connectivity index (χ0v) is 34.3. The van der Waals surface area contributed by atoms with Crippen LogP contribution in [0.25, 0.3) is 0 Å². The third-order valence-corrected chi connectivity index (χ3v) is 10.2. The number of unbranched alkanes of at least 4 members (excludes halogenated alkanes) is 22. The van der Waals surface area contributed by atoms with Crippen molar-refractivity contribution in [1.29, 1.82) is 0 Å². The number of rotatable bonds is 37. The lowest BCUT2D eigenvalue weighted by atomic mass is 10.0. The Balaban J connectivity index is 4.50. The molecule has 0 rings (SSSR count). The molecule has 0 aromatic rings. The molecule has 0 saturated heterocycles. The van der Waals surface area contributed by atoms with Crippen molar-refractivity contribution in [3.05, 3.63) is 24.3 Å². The molecule has 0 spiro atoms. The molecule has 0 aliphatic rings. The summed E-state index contributed by atoms with van der Waals surface area (Å²) in [7, 11) is 1.56. The fraction of sp³-hybridized carbons (Fsp3) is 0.878. The molecular weight excluding hydrogens is 647 g/mol. The second-order valence-corrected chi connectivity index (χ2v) is 16.8. The summed E-state index contributed by atoms with van der Waals surface area (Å²) in [6, 6.07) is -0.856. The van der Waals surface area contributed by atoms with Crippen LogP contribution in [0.1, 0.15) is 181 Å². The van der Waals surface area contributed by atoms with Gasteiger partial charge < -0.3 is 19.8 Å². The van der Waals surface area contributed by atoms with Gasteiger partial charge in [-0.3, -0.25) is 13.8 Å². The molecule has 0 heterocycles. The van der Waals surface area contributed by atoms with Crippen LogP contribution in [0.2, 0.25) is 0 Å². The number of aliphatic hydroxyl groups is 1. The number of hydrogen-bond donors (Lipinski definition) is 3. The first-order valence-electron chi connectivity index (χ1n) is 20.7. The highest BCUT2D eigenvalue weighted by Gasteiger charge is 2.27. The summed E-state index contributed by atoms with van der Waals surface area (Å²) in [6.45, 7) is 4.77. The molecule has 3 atom stereocenters. The van der Waals surface area contributed by atoms with Crippen LogP contribution >= 0.6 is 7.82 Å². The van der Waals surface area contributed by atoms with Crippen molar-refractivity contribution < 1.29 is 32.9 Å². The number of nitrogens with zero attached hydrogens (tertiary/aromatic N) is 1. The van der Waals surface area contributed by atoms with Crippen LogP contribution in [0.15, 0.2) is 24.3 Å². The molecule has 0 radical (unpaired) electrons. The first-order chi connectivity index (χ1) is 24.0. The molecule has 1 amide bonds. The van der Waals surface area contributed by atoms with Crippen LogP contribution in [0.4, 0.5) is 0 Å². The van der Waals surface area contributed by atoms with E-state index in [0.29, 0.717) is 17.4 Å². The summed E-state index contributed by atoms with van der Waals surface area (Å²) in [4.78, 5) is 23.0. The van der Waals surface area contributed by atoms with Gasteiger partial charge in [-0.05, 0) is 32.1 Å². The smallest absolute Gasteiger partial charge is 0.387 e. The number of amides is 1. The largest absolute Gasteiger partial charge is 0.472 e. The maximum Gasteiger partial charge on any atom is 0.472 e. The molecule has 3 unspecified atom stereocenters. The SMILES string of the molecule is CCCCCCCCC/C=C/CC/C=C/C(O)C(COP(=O)(O)OCC[N+](C)(C)C)NC(=O)CCCCCCCCCCCCCCCCC. The van der Waals surface area contributed by atoms with Crippen LogP contribution in [-0.4, -0.2) is 73.4 Å². The van der Waals surface area contributed by atoms with Gasteiger partial charge >= 0.3 is 7.82 Å². The van der Waals surface area contributed by atoms with Crippen LogP contribution in [0.5, 0.6) is 0 Å². The molecule has 8 nitrogen and oxygen atoms in total. The van der Waals surface area contributed by atoms with Crippen molar-refractivity contribution in [1.82, 2.24) is 5.32 Å². The Labute approximate surface area is 309 Å². The standard InChI is InChI=1S/C41H81N2O6P/c1-6-8-10-12-14-16-18-20-21-23-25-27-29-31-33-35-41(45)42-39(38-49-50(46,47)48-37-36-43(3,4)5)40(44)34-32-30-28-26-24-22-19-17-15-13-11-9-7-2/h24,26,32,34,39-40,44H,6-23,25,27-31,33,35-38H2,1-5H3,(H-,42,45,46,47)/p+1/b26-24+,34-32+. The number of quaternary nitrogens is 1. The average Bonchev–Trinajstić information content (AvgIpc) is 3.06. The van der Waals surface area contributed by atoms with Crippen molar-refractivity contribution >= 4 is 13.7 Å². The minimum absolute atomic E-state index is 0.0580.